The van der Waals surface area contributed by atoms with Crippen LogP contribution in [0.1, 0.15) is 17.2 Å². The Morgan fingerprint density at radius 1 is 1.16 bits per heavy atom. The predicted molar refractivity (Wildman–Crippen MR) is 91.6 cm³/mol. The summed E-state index contributed by atoms with van der Waals surface area (Å²) in [5.74, 6) is 0. The number of hydrogen-bond acceptors (Lipinski definition) is 3. The Morgan fingerprint density at radius 2 is 1.80 bits per heavy atom. The first kappa shape index (κ1) is 19.1. The lowest BCUT2D eigenvalue weighted by Gasteiger charge is -2.16. The van der Waals surface area contributed by atoms with Gasteiger partial charge in [0, 0.05) is 11.4 Å². The van der Waals surface area contributed by atoms with Gasteiger partial charge in [-0.3, -0.25) is 0 Å². The van der Waals surface area contributed by atoms with E-state index >= 15 is 0 Å². The number of nitrogens with one attached hydrogen (secondary N) is 2. The van der Waals surface area contributed by atoms with E-state index in [1.165, 1.54) is 18.2 Å². The summed E-state index contributed by atoms with van der Waals surface area (Å²) < 4.78 is 38.6. The van der Waals surface area contributed by atoms with Crippen LogP contribution in [0.5, 0.6) is 0 Å². The number of carbonyl (C=O) groups is 1. The van der Waals surface area contributed by atoms with Gasteiger partial charge in [-0.2, -0.15) is 13.2 Å². The number of carbonyl (C=O) groups excluding carboxylic acids is 1. The van der Waals surface area contributed by atoms with Crippen molar-refractivity contribution in [2.45, 2.75) is 17.2 Å². The van der Waals surface area contributed by atoms with E-state index in [0.717, 1.165) is 11.0 Å². The molecule has 2 aromatic rings. The first-order valence-electron chi connectivity index (χ1n) is 7.34. The average Bonchev–Trinajstić information content (AvgIpc) is 2.59. The number of urea groups is 1. The molecule has 0 fully saturated rings. The van der Waals surface area contributed by atoms with Crippen molar-refractivity contribution in [3.63, 3.8) is 0 Å². The van der Waals surface area contributed by atoms with E-state index in [4.69, 9.17) is 0 Å². The van der Waals surface area contributed by atoms with Gasteiger partial charge < -0.3 is 15.7 Å². The number of para-hydroxylation sites is 1. The number of halogens is 3. The van der Waals surface area contributed by atoms with Gasteiger partial charge >= 0.3 is 12.2 Å². The number of amides is 2. The van der Waals surface area contributed by atoms with Crippen LogP contribution in [0.4, 0.5) is 23.7 Å². The van der Waals surface area contributed by atoms with Crippen molar-refractivity contribution < 1.29 is 23.1 Å². The quantitative estimate of drug-likeness (QED) is 0.689. The predicted octanol–water partition coefficient (Wildman–Crippen LogP) is 4.28. The minimum Gasteiger partial charge on any atom is -0.387 e. The molecule has 0 heterocycles. The highest BCUT2D eigenvalue weighted by molar-refractivity contribution is 7.98. The molecule has 25 heavy (non-hydrogen) atoms. The zero-order valence-corrected chi connectivity index (χ0v) is 14.1. The van der Waals surface area contributed by atoms with E-state index in [9.17, 15) is 23.1 Å². The number of alkyl halides is 3. The summed E-state index contributed by atoms with van der Waals surface area (Å²) in [6, 6.07) is 11.0. The van der Waals surface area contributed by atoms with Crippen LogP contribution in [0.15, 0.2) is 53.4 Å². The molecule has 0 aliphatic carbocycles. The van der Waals surface area contributed by atoms with Gasteiger partial charge in [0.25, 0.3) is 0 Å². The second-order valence-corrected chi connectivity index (χ2v) is 6.05. The first-order chi connectivity index (χ1) is 11.8. The van der Waals surface area contributed by atoms with Crippen molar-refractivity contribution in [3.05, 3.63) is 59.7 Å². The van der Waals surface area contributed by atoms with Gasteiger partial charge in [-0.25, -0.2) is 4.79 Å². The van der Waals surface area contributed by atoms with Gasteiger partial charge in [-0.1, -0.05) is 24.3 Å². The molecule has 0 bridgehead atoms. The zero-order valence-electron chi connectivity index (χ0n) is 13.3. The molecular formula is C17H17F3N2O2S. The minimum absolute atomic E-state index is 0.126. The van der Waals surface area contributed by atoms with Crippen LogP contribution in [-0.4, -0.2) is 23.9 Å². The van der Waals surface area contributed by atoms with Crippen molar-refractivity contribution >= 4 is 23.5 Å². The Kier molecular flexibility index (Phi) is 6.33. The smallest absolute Gasteiger partial charge is 0.387 e. The van der Waals surface area contributed by atoms with Gasteiger partial charge in [-0.15, -0.1) is 11.8 Å². The number of aliphatic hydroxyl groups is 1. The summed E-state index contributed by atoms with van der Waals surface area (Å²) in [7, 11) is 0. The van der Waals surface area contributed by atoms with E-state index in [1.54, 1.807) is 23.9 Å². The molecule has 134 valence electrons. The molecule has 8 heteroatoms. The van der Waals surface area contributed by atoms with Crippen LogP contribution in [0, 0.1) is 0 Å². The number of benzene rings is 2. The average molecular weight is 370 g/mol. The molecule has 2 amide bonds. The third-order valence-electron chi connectivity index (χ3n) is 3.44. The van der Waals surface area contributed by atoms with Gasteiger partial charge in [0.05, 0.1) is 17.4 Å². The number of thioether (sulfide) groups is 1. The summed E-state index contributed by atoms with van der Waals surface area (Å²) >= 11 is 1.56. The fourth-order valence-corrected chi connectivity index (χ4v) is 2.55. The van der Waals surface area contributed by atoms with Gasteiger partial charge in [0.15, 0.2) is 0 Å². The summed E-state index contributed by atoms with van der Waals surface area (Å²) in [5, 5.41) is 14.6. The van der Waals surface area contributed by atoms with Gasteiger partial charge in [-0.05, 0) is 36.1 Å². The highest BCUT2D eigenvalue weighted by Crippen LogP contribution is 2.34. The number of rotatable bonds is 5. The third kappa shape index (κ3) is 5.40. The molecule has 0 spiro atoms. The number of anilines is 1. The summed E-state index contributed by atoms with van der Waals surface area (Å²) in [4.78, 5) is 12.9. The molecular weight excluding hydrogens is 353 g/mol. The second kappa shape index (κ2) is 8.26. The maximum Gasteiger partial charge on any atom is 0.418 e. The van der Waals surface area contributed by atoms with Crippen LogP contribution in [0.25, 0.3) is 0 Å². The standard InChI is InChI=1S/C17H17F3N2O2S/c1-25-12-8-6-11(7-9-12)15(23)10-21-16(24)22-14-5-3-2-4-13(14)17(18,19)20/h2-9,15,23H,10H2,1H3,(H2,21,22,24)/t15-/m0/s1. The zero-order chi connectivity index (χ0) is 18.4. The largest absolute Gasteiger partial charge is 0.418 e. The Labute approximate surface area is 147 Å². The Bertz CT molecular complexity index is 721. The molecule has 4 nitrogen and oxygen atoms in total. The fraction of sp³-hybridized carbons (Fsp3) is 0.235. The maximum atomic E-state index is 12.9. The van der Waals surface area contributed by atoms with E-state index in [1.807, 2.05) is 18.4 Å². The lowest BCUT2D eigenvalue weighted by molar-refractivity contribution is -0.136. The molecule has 0 saturated carbocycles. The van der Waals surface area contributed by atoms with Crippen molar-refractivity contribution in [1.82, 2.24) is 5.32 Å². The van der Waals surface area contributed by atoms with Crippen molar-refractivity contribution in [3.8, 4) is 0 Å². The SMILES string of the molecule is CSc1ccc([C@@H](O)CNC(=O)Nc2ccccc2C(F)(F)F)cc1. The summed E-state index contributed by atoms with van der Waals surface area (Å²) in [5.41, 5.74) is -0.668. The normalized spacial score (nSPS) is 12.5. The molecule has 0 aliphatic rings. The second-order valence-electron chi connectivity index (χ2n) is 5.17. The third-order valence-corrected chi connectivity index (χ3v) is 4.18. The molecule has 3 N–H and O–H groups in total. The lowest BCUT2D eigenvalue weighted by Crippen LogP contribution is -2.33. The highest BCUT2D eigenvalue weighted by Gasteiger charge is 2.33. The highest BCUT2D eigenvalue weighted by atomic mass is 32.2. The van der Waals surface area contributed by atoms with Crippen molar-refractivity contribution in [2.75, 3.05) is 18.1 Å². The molecule has 2 rings (SSSR count). The van der Waals surface area contributed by atoms with E-state index in [-0.39, 0.29) is 12.2 Å². The maximum absolute atomic E-state index is 12.9. The molecule has 1 atom stereocenters. The minimum atomic E-state index is -4.57. The number of hydrogen-bond donors (Lipinski definition) is 3. The summed E-state index contributed by atoms with van der Waals surface area (Å²) in [6.07, 6.45) is -3.60. The fourth-order valence-electron chi connectivity index (χ4n) is 2.14. The Balaban J connectivity index is 1.94. The molecule has 0 aromatic heterocycles. The van der Waals surface area contributed by atoms with Crippen LogP contribution >= 0.6 is 11.8 Å². The Morgan fingerprint density at radius 3 is 2.40 bits per heavy atom. The Hall–Kier alpha value is -2.19. The van der Waals surface area contributed by atoms with E-state index < -0.39 is 23.9 Å². The van der Waals surface area contributed by atoms with Crippen LogP contribution in [0.3, 0.4) is 0 Å². The molecule has 0 aliphatic heterocycles. The molecule has 0 saturated heterocycles. The monoisotopic (exact) mass is 370 g/mol. The van der Waals surface area contributed by atoms with Crippen LogP contribution in [-0.2, 0) is 6.18 Å². The van der Waals surface area contributed by atoms with Crippen LogP contribution in [0.2, 0.25) is 0 Å². The lowest BCUT2D eigenvalue weighted by atomic mass is 10.1. The van der Waals surface area contributed by atoms with Crippen molar-refractivity contribution in [1.29, 1.82) is 0 Å². The number of aliphatic hydroxyl groups excluding tert-OH is 1. The van der Waals surface area contributed by atoms with E-state index in [2.05, 4.69) is 10.6 Å². The molecule has 0 radical (unpaired) electrons. The summed E-state index contributed by atoms with van der Waals surface area (Å²) in [6.45, 7) is -0.126. The molecule has 0 unspecified atom stereocenters. The van der Waals surface area contributed by atoms with Crippen LogP contribution < -0.4 is 10.6 Å². The van der Waals surface area contributed by atoms with Gasteiger partial charge in [0.2, 0.25) is 0 Å². The van der Waals surface area contributed by atoms with Gasteiger partial charge in [0.1, 0.15) is 0 Å². The topological polar surface area (TPSA) is 61.4 Å². The van der Waals surface area contributed by atoms with Crippen molar-refractivity contribution in [2.24, 2.45) is 0 Å². The first-order valence-corrected chi connectivity index (χ1v) is 8.57. The van der Waals surface area contributed by atoms with E-state index in [0.29, 0.717) is 5.56 Å². The molecule has 2 aromatic carbocycles.